The van der Waals surface area contributed by atoms with Gasteiger partial charge >= 0.3 is 11.8 Å². The van der Waals surface area contributed by atoms with E-state index in [4.69, 9.17) is 4.42 Å². The van der Waals surface area contributed by atoms with E-state index in [1.54, 1.807) is 23.6 Å². The van der Waals surface area contributed by atoms with Crippen molar-refractivity contribution >= 4 is 23.2 Å². The Morgan fingerprint density at radius 3 is 2.75 bits per heavy atom. The number of rotatable bonds is 4. The van der Waals surface area contributed by atoms with Gasteiger partial charge in [0.1, 0.15) is 5.76 Å². The van der Waals surface area contributed by atoms with Crippen LogP contribution >= 0.6 is 11.3 Å². The molecule has 2 amide bonds. The zero-order valence-corrected chi connectivity index (χ0v) is 11.6. The monoisotopic (exact) mass is 294 g/mol. The molecule has 20 heavy (non-hydrogen) atoms. The number of carbonyl (C=O) groups excluding carboxylic acids is 2. The van der Waals surface area contributed by atoms with Gasteiger partial charge in [-0.05, 0) is 29.0 Å². The number of hydrogen-bond donors (Lipinski definition) is 3. The average Bonchev–Trinajstić information content (AvgIpc) is 3.15. The predicted octanol–water partition coefficient (Wildman–Crippen LogP) is 0.439. The second-order valence-corrected chi connectivity index (χ2v) is 4.89. The van der Waals surface area contributed by atoms with E-state index >= 15 is 0 Å². The van der Waals surface area contributed by atoms with Crippen LogP contribution in [0.1, 0.15) is 11.3 Å². The zero-order valence-electron chi connectivity index (χ0n) is 10.8. The summed E-state index contributed by atoms with van der Waals surface area (Å²) in [5.41, 5.74) is -0.914. The van der Waals surface area contributed by atoms with E-state index in [9.17, 15) is 14.7 Å². The summed E-state index contributed by atoms with van der Waals surface area (Å²) in [5.74, 6) is -1.28. The van der Waals surface area contributed by atoms with Gasteiger partial charge in [0.25, 0.3) is 0 Å². The van der Waals surface area contributed by atoms with Crippen molar-refractivity contribution in [3.8, 4) is 0 Å². The first-order chi connectivity index (χ1) is 9.58. The third-order valence-electron chi connectivity index (χ3n) is 2.87. The van der Waals surface area contributed by atoms with Crippen LogP contribution in [0.25, 0.3) is 0 Å². The highest BCUT2D eigenvalue weighted by atomic mass is 32.1. The summed E-state index contributed by atoms with van der Waals surface area (Å²) in [7, 11) is 1.36. The van der Waals surface area contributed by atoms with Gasteiger partial charge in [-0.1, -0.05) is 0 Å². The molecule has 0 spiro atoms. The lowest BCUT2D eigenvalue weighted by molar-refractivity contribution is -0.139. The first-order valence-electron chi connectivity index (χ1n) is 5.87. The van der Waals surface area contributed by atoms with Gasteiger partial charge in [0.2, 0.25) is 0 Å². The summed E-state index contributed by atoms with van der Waals surface area (Å²) in [6.07, 6.45) is 1.44. The smallest absolute Gasteiger partial charge is 0.309 e. The summed E-state index contributed by atoms with van der Waals surface area (Å²) in [4.78, 5) is 22.7. The Morgan fingerprint density at radius 1 is 1.40 bits per heavy atom. The minimum atomic E-state index is -1.51. The van der Waals surface area contributed by atoms with E-state index in [1.165, 1.54) is 24.6 Å². The standard InChI is InChI=1S/C13H14N2O4S/c1-14-11(16)12(17)15-8-13(18,9-4-6-20-7-9)10-3-2-5-19-10/h2-7,18H,8H2,1H3,(H,14,16)(H,15,17)/t13-/m1/s1. The van der Waals surface area contributed by atoms with Crippen LogP contribution in [0, 0.1) is 0 Å². The molecule has 0 aliphatic heterocycles. The first-order valence-corrected chi connectivity index (χ1v) is 6.81. The van der Waals surface area contributed by atoms with Gasteiger partial charge in [-0.2, -0.15) is 11.3 Å². The topological polar surface area (TPSA) is 91.6 Å². The average molecular weight is 294 g/mol. The van der Waals surface area contributed by atoms with Crippen molar-refractivity contribution in [3.63, 3.8) is 0 Å². The molecule has 0 aliphatic carbocycles. The molecule has 0 aromatic carbocycles. The van der Waals surface area contributed by atoms with Gasteiger partial charge in [-0.3, -0.25) is 9.59 Å². The molecule has 7 heteroatoms. The SMILES string of the molecule is CNC(=O)C(=O)NC[C@@](O)(c1ccsc1)c1ccco1. The third-order valence-corrected chi connectivity index (χ3v) is 3.55. The van der Waals surface area contributed by atoms with Gasteiger partial charge in [-0.15, -0.1) is 0 Å². The zero-order chi connectivity index (χ0) is 14.6. The molecule has 106 valence electrons. The predicted molar refractivity (Wildman–Crippen MR) is 73.1 cm³/mol. The van der Waals surface area contributed by atoms with Gasteiger partial charge in [0, 0.05) is 12.6 Å². The molecule has 0 unspecified atom stereocenters. The van der Waals surface area contributed by atoms with Crippen LogP contribution < -0.4 is 10.6 Å². The summed E-state index contributed by atoms with van der Waals surface area (Å²) in [5, 5.41) is 19.0. The summed E-state index contributed by atoms with van der Waals surface area (Å²) < 4.78 is 5.24. The lowest BCUT2D eigenvalue weighted by Crippen LogP contribution is -2.46. The van der Waals surface area contributed by atoms with Crippen molar-refractivity contribution in [1.82, 2.24) is 10.6 Å². The van der Waals surface area contributed by atoms with Gasteiger partial charge in [0.15, 0.2) is 5.60 Å². The fourth-order valence-corrected chi connectivity index (χ4v) is 2.47. The molecule has 2 aromatic heterocycles. The molecular weight excluding hydrogens is 280 g/mol. The van der Waals surface area contributed by atoms with Crippen LogP contribution in [0.5, 0.6) is 0 Å². The van der Waals surface area contributed by atoms with Crippen LogP contribution in [0.3, 0.4) is 0 Å². The molecule has 6 nitrogen and oxygen atoms in total. The number of hydrogen-bond acceptors (Lipinski definition) is 5. The third kappa shape index (κ3) is 2.73. The maximum absolute atomic E-state index is 11.5. The van der Waals surface area contributed by atoms with Crippen molar-refractivity contribution in [2.75, 3.05) is 13.6 Å². The van der Waals surface area contributed by atoms with Gasteiger partial charge in [-0.25, -0.2) is 0 Å². The van der Waals surface area contributed by atoms with E-state index in [0.717, 1.165) is 0 Å². The lowest BCUT2D eigenvalue weighted by Gasteiger charge is -2.25. The van der Waals surface area contributed by atoms with Crippen molar-refractivity contribution < 1.29 is 19.1 Å². The molecule has 0 saturated heterocycles. The fourth-order valence-electron chi connectivity index (χ4n) is 1.75. The number of thiophene rings is 1. The number of likely N-dealkylation sites (N-methyl/N-ethyl adjacent to an activating group) is 1. The van der Waals surface area contributed by atoms with E-state index in [0.29, 0.717) is 11.3 Å². The minimum Gasteiger partial charge on any atom is -0.466 e. The molecule has 0 saturated carbocycles. The van der Waals surface area contributed by atoms with Crippen LogP contribution in [0.2, 0.25) is 0 Å². The normalized spacial score (nSPS) is 13.5. The summed E-state index contributed by atoms with van der Waals surface area (Å²) in [6, 6.07) is 5.00. The Balaban J connectivity index is 2.21. The first kappa shape index (κ1) is 14.3. The largest absolute Gasteiger partial charge is 0.466 e. The van der Waals surface area contributed by atoms with Gasteiger partial charge in [0.05, 0.1) is 12.8 Å². The summed E-state index contributed by atoms with van der Waals surface area (Å²) in [6.45, 7) is -0.163. The fraction of sp³-hybridized carbons (Fsp3) is 0.231. The number of carbonyl (C=O) groups is 2. The molecule has 0 aliphatic rings. The van der Waals surface area contributed by atoms with Crippen molar-refractivity contribution in [1.29, 1.82) is 0 Å². The molecular formula is C13H14N2O4S. The van der Waals surface area contributed by atoms with E-state index in [1.807, 2.05) is 5.38 Å². The Hall–Kier alpha value is -2.12. The maximum Gasteiger partial charge on any atom is 0.309 e. The van der Waals surface area contributed by atoms with E-state index in [-0.39, 0.29) is 6.54 Å². The minimum absolute atomic E-state index is 0.163. The van der Waals surface area contributed by atoms with Crippen molar-refractivity contribution in [3.05, 3.63) is 46.5 Å². The molecule has 0 radical (unpaired) electrons. The second kappa shape index (κ2) is 5.89. The number of furan rings is 1. The molecule has 0 fully saturated rings. The van der Waals surface area contributed by atoms with Gasteiger partial charge < -0.3 is 20.2 Å². The second-order valence-electron chi connectivity index (χ2n) is 4.11. The molecule has 2 rings (SSSR count). The number of nitrogens with one attached hydrogen (secondary N) is 2. The highest BCUT2D eigenvalue weighted by molar-refractivity contribution is 7.08. The summed E-state index contributed by atoms with van der Waals surface area (Å²) >= 11 is 1.42. The van der Waals surface area contributed by atoms with Crippen molar-refractivity contribution in [2.24, 2.45) is 0 Å². The Morgan fingerprint density at radius 2 is 2.20 bits per heavy atom. The molecule has 0 bridgehead atoms. The number of aliphatic hydroxyl groups is 1. The quantitative estimate of drug-likeness (QED) is 0.714. The Bertz CT molecular complexity index is 543. The van der Waals surface area contributed by atoms with Crippen LogP contribution in [-0.2, 0) is 15.2 Å². The highest BCUT2D eigenvalue weighted by Crippen LogP contribution is 2.30. The molecule has 2 aromatic rings. The Kier molecular flexibility index (Phi) is 4.21. The molecule has 2 heterocycles. The lowest BCUT2D eigenvalue weighted by atomic mass is 9.93. The number of amides is 2. The van der Waals surface area contributed by atoms with Crippen molar-refractivity contribution in [2.45, 2.75) is 5.60 Å². The molecule has 1 atom stereocenters. The van der Waals surface area contributed by atoms with Crippen LogP contribution in [-0.4, -0.2) is 30.5 Å². The maximum atomic E-state index is 11.5. The van der Waals surface area contributed by atoms with Crippen LogP contribution in [0.4, 0.5) is 0 Å². The Labute approximate surface area is 119 Å². The van der Waals surface area contributed by atoms with E-state index in [2.05, 4.69) is 10.6 Å². The molecule has 3 N–H and O–H groups in total. The highest BCUT2D eigenvalue weighted by Gasteiger charge is 2.35. The van der Waals surface area contributed by atoms with Crippen LogP contribution in [0.15, 0.2) is 39.6 Å². The van der Waals surface area contributed by atoms with E-state index < -0.39 is 17.4 Å².